The number of carbonyl (C=O) groups excluding carboxylic acids is 1. The molecule has 0 aliphatic carbocycles. The molecule has 1 saturated heterocycles. The lowest BCUT2D eigenvalue weighted by Gasteiger charge is -2.16. The first kappa shape index (κ1) is 24.8. The highest BCUT2D eigenvalue weighted by atomic mass is 19.3. The standard InChI is InChI=1S/C25H27F3N8O/c1-16-13-21(33-32-16)30-22-20-14-17(23(37)29-9-4-12-35-10-2-3-11-35)15-36(20)34-24(31-22)25(27,28)18-5-7-19(26)8-6-18/h5-8,13-15H,2-4,9-12H2,1H3,(H,29,37)(H2,30,31,32,33,34). The van der Waals surface area contributed by atoms with E-state index in [9.17, 15) is 9.18 Å². The Labute approximate surface area is 211 Å². The zero-order valence-electron chi connectivity index (χ0n) is 20.3. The number of H-pyrrole nitrogens is 1. The molecule has 9 nitrogen and oxygen atoms in total. The fourth-order valence-electron chi connectivity index (χ4n) is 4.35. The third-order valence-corrected chi connectivity index (χ3v) is 6.30. The van der Waals surface area contributed by atoms with Gasteiger partial charge < -0.3 is 15.5 Å². The molecule has 1 amide bonds. The molecule has 12 heteroatoms. The second kappa shape index (κ2) is 10.2. The summed E-state index contributed by atoms with van der Waals surface area (Å²) in [6.45, 7) is 5.40. The van der Waals surface area contributed by atoms with Crippen molar-refractivity contribution in [3.63, 3.8) is 0 Å². The Bertz CT molecular complexity index is 1390. The van der Waals surface area contributed by atoms with Crippen molar-refractivity contribution < 1.29 is 18.0 Å². The summed E-state index contributed by atoms with van der Waals surface area (Å²) in [5, 5.41) is 16.7. The molecule has 0 saturated carbocycles. The highest BCUT2D eigenvalue weighted by Gasteiger charge is 2.39. The van der Waals surface area contributed by atoms with Gasteiger partial charge in [-0.1, -0.05) is 0 Å². The summed E-state index contributed by atoms with van der Waals surface area (Å²) in [6, 6.07) is 7.11. The van der Waals surface area contributed by atoms with E-state index in [4.69, 9.17) is 0 Å². The zero-order valence-corrected chi connectivity index (χ0v) is 20.3. The largest absolute Gasteiger partial charge is 0.352 e. The number of anilines is 2. The number of nitrogens with one attached hydrogen (secondary N) is 3. The van der Waals surface area contributed by atoms with Gasteiger partial charge in [-0.25, -0.2) is 13.9 Å². The predicted molar refractivity (Wildman–Crippen MR) is 132 cm³/mol. The van der Waals surface area contributed by atoms with E-state index in [-0.39, 0.29) is 17.3 Å². The van der Waals surface area contributed by atoms with Crippen LogP contribution >= 0.6 is 0 Å². The van der Waals surface area contributed by atoms with E-state index in [1.807, 2.05) is 0 Å². The van der Waals surface area contributed by atoms with E-state index < -0.39 is 23.1 Å². The number of rotatable bonds is 9. The van der Waals surface area contributed by atoms with Gasteiger partial charge in [0.25, 0.3) is 5.91 Å². The maximum absolute atomic E-state index is 15.4. The van der Waals surface area contributed by atoms with Gasteiger partial charge in [-0.05, 0) is 76.2 Å². The molecule has 0 atom stereocenters. The van der Waals surface area contributed by atoms with Crippen molar-refractivity contribution in [3.05, 3.63) is 71.1 Å². The quantitative estimate of drug-likeness (QED) is 0.293. The summed E-state index contributed by atoms with van der Waals surface area (Å²) in [5.41, 5.74) is 0.882. The number of halogens is 3. The molecule has 1 aliphatic rings. The smallest absolute Gasteiger partial charge is 0.333 e. The molecule has 1 aliphatic heterocycles. The molecule has 0 radical (unpaired) electrons. The van der Waals surface area contributed by atoms with Crippen LogP contribution in [-0.4, -0.2) is 61.8 Å². The Balaban J connectivity index is 1.43. The lowest BCUT2D eigenvalue weighted by Crippen LogP contribution is -2.28. The minimum Gasteiger partial charge on any atom is -0.352 e. The maximum atomic E-state index is 15.4. The minimum absolute atomic E-state index is 0.0476. The van der Waals surface area contributed by atoms with Gasteiger partial charge in [0.15, 0.2) is 11.6 Å². The van der Waals surface area contributed by atoms with Gasteiger partial charge in [-0.2, -0.15) is 13.9 Å². The van der Waals surface area contributed by atoms with E-state index in [1.165, 1.54) is 29.6 Å². The molecule has 4 heterocycles. The molecule has 0 bridgehead atoms. The molecule has 37 heavy (non-hydrogen) atoms. The maximum Gasteiger partial charge on any atom is 0.333 e. The molecule has 1 fully saturated rings. The predicted octanol–water partition coefficient (Wildman–Crippen LogP) is 4.00. The second-order valence-electron chi connectivity index (χ2n) is 9.14. The van der Waals surface area contributed by atoms with Crippen LogP contribution in [0.5, 0.6) is 0 Å². The van der Waals surface area contributed by atoms with E-state index in [2.05, 4.69) is 35.8 Å². The van der Waals surface area contributed by atoms with Gasteiger partial charge in [-0.3, -0.25) is 9.89 Å². The number of amides is 1. The van der Waals surface area contributed by atoms with Crippen molar-refractivity contribution in [2.24, 2.45) is 0 Å². The molecular weight excluding hydrogens is 485 g/mol. The normalized spacial score (nSPS) is 14.4. The van der Waals surface area contributed by atoms with Crippen LogP contribution < -0.4 is 10.6 Å². The number of aryl methyl sites for hydroxylation is 1. The summed E-state index contributed by atoms with van der Waals surface area (Å²) < 4.78 is 45.3. The lowest BCUT2D eigenvalue weighted by atomic mass is 10.1. The monoisotopic (exact) mass is 512 g/mol. The van der Waals surface area contributed by atoms with Crippen molar-refractivity contribution >= 4 is 23.1 Å². The van der Waals surface area contributed by atoms with Crippen molar-refractivity contribution in [1.29, 1.82) is 0 Å². The summed E-state index contributed by atoms with van der Waals surface area (Å²) >= 11 is 0. The van der Waals surface area contributed by atoms with Crippen LogP contribution in [-0.2, 0) is 5.92 Å². The first-order chi connectivity index (χ1) is 17.8. The van der Waals surface area contributed by atoms with Crippen molar-refractivity contribution in [3.8, 4) is 0 Å². The van der Waals surface area contributed by atoms with Gasteiger partial charge in [0, 0.05) is 30.1 Å². The molecule has 0 spiro atoms. The molecule has 3 aromatic heterocycles. The average Bonchev–Trinajstić information content (AvgIpc) is 3.63. The van der Waals surface area contributed by atoms with E-state index in [0.717, 1.165) is 56.0 Å². The molecule has 4 aromatic rings. The number of nitrogens with zero attached hydrogens (tertiary/aromatic N) is 5. The van der Waals surface area contributed by atoms with Crippen LogP contribution in [0.25, 0.3) is 5.52 Å². The van der Waals surface area contributed by atoms with Crippen LogP contribution in [0.4, 0.5) is 24.8 Å². The third-order valence-electron chi connectivity index (χ3n) is 6.30. The minimum atomic E-state index is -3.62. The summed E-state index contributed by atoms with van der Waals surface area (Å²) in [6.07, 6.45) is 4.62. The fourth-order valence-corrected chi connectivity index (χ4v) is 4.35. The Hall–Kier alpha value is -3.93. The highest BCUT2D eigenvalue weighted by Crippen LogP contribution is 2.35. The van der Waals surface area contributed by atoms with Crippen LogP contribution in [0.15, 0.2) is 42.6 Å². The molecule has 194 valence electrons. The van der Waals surface area contributed by atoms with Gasteiger partial charge in [0.1, 0.15) is 11.3 Å². The molecular formula is C25H27F3N8O. The number of carbonyl (C=O) groups is 1. The van der Waals surface area contributed by atoms with Crippen molar-refractivity contribution in [2.75, 3.05) is 31.5 Å². The zero-order chi connectivity index (χ0) is 26.0. The molecule has 5 rings (SSSR count). The SMILES string of the molecule is Cc1cc(Nc2nc(C(F)(F)c3ccc(F)cc3)nn3cc(C(=O)NCCCN4CCCC4)cc23)n[nH]1. The van der Waals surface area contributed by atoms with Gasteiger partial charge in [0.05, 0.1) is 5.56 Å². The van der Waals surface area contributed by atoms with Gasteiger partial charge in [0.2, 0.25) is 5.82 Å². The fraction of sp³-hybridized carbons (Fsp3) is 0.360. The Morgan fingerprint density at radius 2 is 1.92 bits per heavy atom. The third kappa shape index (κ3) is 5.43. The van der Waals surface area contributed by atoms with Crippen LogP contribution in [0.1, 0.15) is 46.7 Å². The van der Waals surface area contributed by atoms with E-state index in [0.29, 0.717) is 17.9 Å². The Morgan fingerprint density at radius 3 is 2.62 bits per heavy atom. The number of aromatic amines is 1. The lowest BCUT2D eigenvalue weighted by molar-refractivity contribution is 0.0315. The number of alkyl halides is 2. The highest BCUT2D eigenvalue weighted by molar-refractivity contribution is 5.96. The van der Waals surface area contributed by atoms with Gasteiger partial charge >= 0.3 is 5.92 Å². The first-order valence-corrected chi connectivity index (χ1v) is 12.1. The van der Waals surface area contributed by atoms with E-state index in [1.54, 1.807) is 13.0 Å². The van der Waals surface area contributed by atoms with Crippen LogP contribution in [0.3, 0.4) is 0 Å². The first-order valence-electron chi connectivity index (χ1n) is 12.1. The Morgan fingerprint density at radius 1 is 1.16 bits per heavy atom. The van der Waals surface area contributed by atoms with Crippen molar-refractivity contribution in [2.45, 2.75) is 32.1 Å². The van der Waals surface area contributed by atoms with E-state index >= 15 is 8.78 Å². The topological polar surface area (TPSA) is 103 Å². The molecule has 0 unspecified atom stereocenters. The van der Waals surface area contributed by atoms with Gasteiger partial charge in [-0.15, -0.1) is 5.10 Å². The van der Waals surface area contributed by atoms with Crippen LogP contribution in [0.2, 0.25) is 0 Å². The summed E-state index contributed by atoms with van der Waals surface area (Å²) in [5.74, 6) is -4.99. The number of hydrogen-bond donors (Lipinski definition) is 3. The Kier molecular flexibility index (Phi) is 6.83. The number of aromatic nitrogens is 5. The number of fused-ring (bicyclic) bond motifs is 1. The number of benzene rings is 1. The number of likely N-dealkylation sites (tertiary alicyclic amines) is 1. The average molecular weight is 513 g/mol. The summed E-state index contributed by atoms with van der Waals surface area (Å²) in [7, 11) is 0. The van der Waals surface area contributed by atoms with Crippen molar-refractivity contribution in [1.82, 2.24) is 35.0 Å². The summed E-state index contributed by atoms with van der Waals surface area (Å²) in [4.78, 5) is 19.3. The number of hydrogen-bond acceptors (Lipinski definition) is 6. The molecule has 3 N–H and O–H groups in total. The second-order valence-corrected chi connectivity index (χ2v) is 9.14. The molecule has 1 aromatic carbocycles. The van der Waals surface area contributed by atoms with Crippen LogP contribution in [0, 0.1) is 12.7 Å².